The van der Waals surface area contributed by atoms with Gasteiger partial charge in [-0.1, -0.05) is 13.8 Å². The Hall–Kier alpha value is -0.830. The molecule has 0 bridgehead atoms. The van der Waals surface area contributed by atoms with Gasteiger partial charge in [0.2, 0.25) is 0 Å². The lowest BCUT2D eigenvalue weighted by atomic mass is 10.1. The number of imidazole rings is 1. The second-order valence-electron chi connectivity index (χ2n) is 5.06. The van der Waals surface area contributed by atoms with Gasteiger partial charge in [-0.05, 0) is 58.8 Å². The quantitative estimate of drug-likeness (QED) is 0.815. The molecule has 3 heteroatoms. The SMILES string of the molecule is CCC(C)c1nc2cc(C3CC3)ccn2c1Br. The molecule has 0 amide bonds. The van der Waals surface area contributed by atoms with E-state index < -0.39 is 0 Å². The van der Waals surface area contributed by atoms with Gasteiger partial charge in [0.1, 0.15) is 10.3 Å². The van der Waals surface area contributed by atoms with Gasteiger partial charge < -0.3 is 0 Å². The summed E-state index contributed by atoms with van der Waals surface area (Å²) in [5, 5.41) is 0. The number of rotatable bonds is 3. The number of hydrogen-bond acceptors (Lipinski definition) is 1. The van der Waals surface area contributed by atoms with Gasteiger partial charge >= 0.3 is 0 Å². The molecule has 2 nitrogen and oxygen atoms in total. The fourth-order valence-electron chi connectivity index (χ4n) is 2.23. The van der Waals surface area contributed by atoms with E-state index in [1.165, 1.54) is 24.1 Å². The van der Waals surface area contributed by atoms with E-state index in [4.69, 9.17) is 4.98 Å². The van der Waals surface area contributed by atoms with Crippen LogP contribution in [0.1, 0.15) is 56.2 Å². The molecule has 1 fully saturated rings. The van der Waals surface area contributed by atoms with Gasteiger partial charge in [-0.2, -0.15) is 0 Å². The lowest BCUT2D eigenvalue weighted by molar-refractivity contribution is 0.709. The first kappa shape index (κ1) is 11.3. The predicted octanol–water partition coefficient (Wildman–Crippen LogP) is 4.49. The number of aromatic nitrogens is 2. The lowest BCUT2D eigenvalue weighted by Gasteiger charge is -2.04. The Morgan fingerprint density at radius 3 is 2.94 bits per heavy atom. The summed E-state index contributed by atoms with van der Waals surface area (Å²) in [6, 6.07) is 4.48. The number of fused-ring (bicyclic) bond motifs is 1. The molecular weight excluding hydrogens is 276 g/mol. The molecule has 1 aliphatic carbocycles. The first-order chi connectivity index (χ1) is 8.20. The van der Waals surface area contributed by atoms with E-state index >= 15 is 0 Å². The molecule has 2 aromatic rings. The minimum absolute atomic E-state index is 0.508. The minimum atomic E-state index is 0.508. The van der Waals surface area contributed by atoms with Gasteiger partial charge in [-0.15, -0.1) is 0 Å². The van der Waals surface area contributed by atoms with E-state index in [1.807, 2.05) is 0 Å². The molecule has 1 atom stereocenters. The molecule has 0 N–H and O–H groups in total. The molecule has 0 saturated heterocycles. The summed E-state index contributed by atoms with van der Waals surface area (Å²) in [7, 11) is 0. The maximum atomic E-state index is 4.77. The monoisotopic (exact) mass is 292 g/mol. The molecule has 1 saturated carbocycles. The van der Waals surface area contributed by atoms with Crippen LogP contribution in [-0.2, 0) is 0 Å². The van der Waals surface area contributed by atoms with Gasteiger partial charge in [0.05, 0.1) is 5.69 Å². The van der Waals surface area contributed by atoms with Crippen LogP contribution < -0.4 is 0 Å². The topological polar surface area (TPSA) is 17.3 Å². The third kappa shape index (κ3) is 1.90. The van der Waals surface area contributed by atoms with Crippen molar-refractivity contribution in [3.05, 3.63) is 34.2 Å². The fourth-order valence-corrected chi connectivity index (χ4v) is 3.01. The van der Waals surface area contributed by atoms with Crippen molar-refractivity contribution < 1.29 is 0 Å². The van der Waals surface area contributed by atoms with Crippen LogP contribution in [0.5, 0.6) is 0 Å². The highest BCUT2D eigenvalue weighted by atomic mass is 79.9. The van der Waals surface area contributed by atoms with Crippen molar-refractivity contribution in [3.63, 3.8) is 0 Å². The van der Waals surface area contributed by atoms with Crippen LogP contribution in [-0.4, -0.2) is 9.38 Å². The zero-order valence-corrected chi connectivity index (χ0v) is 11.9. The Morgan fingerprint density at radius 1 is 1.53 bits per heavy atom. The number of pyridine rings is 1. The van der Waals surface area contributed by atoms with Crippen LogP contribution in [0.15, 0.2) is 22.9 Å². The second-order valence-corrected chi connectivity index (χ2v) is 5.81. The average molecular weight is 293 g/mol. The van der Waals surface area contributed by atoms with Crippen molar-refractivity contribution in [1.82, 2.24) is 9.38 Å². The normalized spacial score (nSPS) is 17.6. The molecule has 2 aromatic heterocycles. The molecule has 1 aliphatic rings. The molecule has 17 heavy (non-hydrogen) atoms. The Labute approximate surface area is 110 Å². The summed E-state index contributed by atoms with van der Waals surface area (Å²) in [6.07, 6.45) is 5.95. The highest BCUT2D eigenvalue weighted by Gasteiger charge is 2.24. The average Bonchev–Trinajstić information content (AvgIpc) is 3.14. The Morgan fingerprint density at radius 2 is 2.29 bits per heavy atom. The molecule has 3 rings (SSSR count). The molecule has 0 radical (unpaired) electrons. The van der Waals surface area contributed by atoms with Gasteiger partial charge in [-0.3, -0.25) is 4.40 Å². The first-order valence-corrected chi connectivity index (χ1v) is 7.17. The molecule has 1 unspecified atom stereocenters. The van der Waals surface area contributed by atoms with Gasteiger partial charge in [0.15, 0.2) is 0 Å². The van der Waals surface area contributed by atoms with Crippen LogP contribution in [0.4, 0.5) is 0 Å². The van der Waals surface area contributed by atoms with E-state index in [2.05, 4.69) is 52.5 Å². The van der Waals surface area contributed by atoms with Crippen LogP contribution in [0, 0.1) is 0 Å². The van der Waals surface area contributed by atoms with Crippen LogP contribution in [0.25, 0.3) is 5.65 Å². The van der Waals surface area contributed by atoms with E-state index in [0.717, 1.165) is 22.6 Å². The zero-order chi connectivity index (χ0) is 12.0. The maximum Gasteiger partial charge on any atom is 0.138 e. The molecule has 2 heterocycles. The van der Waals surface area contributed by atoms with E-state index in [0.29, 0.717) is 5.92 Å². The molecule has 0 aliphatic heterocycles. The Bertz CT molecular complexity index is 555. The summed E-state index contributed by atoms with van der Waals surface area (Å²) >= 11 is 3.67. The van der Waals surface area contributed by atoms with Crippen LogP contribution >= 0.6 is 15.9 Å². The van der Waals surface area contributed by atoms with Crippen LogP contribution in [0.3, 0.4) is 0 Å². The maximum absolute atomic E-state index is 4.77. The minimum Gasteiger partial charge on any atom is -0.294 e. The number of hydrogen-bond donors (Lipinski definition) is 0. The van der Waals surface area contributed by atoms with Gasteiger partial charge in [0.25, 0.3) is 0 Å². The Kier molecular flexibility index (Phi) is 2.74. The van der Waals surface area contributed by atoms with E-state index in [1.54, 1.807) is 0 Å². The lowest BCUT2D eigenvalue weighted by Crippen LogP contribution is -1.92. The molecule has 0 aromatic carbocycles. The van der Waals surface area contributed by atoms with Gasteiger partial charge in [-0.25, -0.2) is 4.98 Å². The smallest absolute Gasteiger partial charge is 0.138 e. The van der Waals surface area contributed by atoms with Crippen molar-refractivity contribution >= 4 is 21.6 Å². The third-order valence-electron chi connectivity index (χ3n) is 3.74. The zero-order valence-electron chi connectivity index (χ0n) is 10.3. The van der Waals surface area contributed by atoms with Gasteiger partial charge in [0, 0.05) is 12.1 Å². The standard InChI is InChI=1S/C14H17BrN2/c1-3-9(2)13-14(15)17-7-6-11(10-4-5-10)8-12(17)16-13/h6-10H,3-5H2,1-2H3. The first-order valence-electron chi connectivity index (χ1n) is 6.38. The predicted molar refractivity (Wildman–Crippen MR) is 73.6 cm³/mol. The van der Waals surface area contributed by atoms with Crippen molar-refractivity contribution in [3.8, 4) is 0 Å². The summed E-state index contributed by atoms with van der Waals surface area (Å²) in [5.41, 5.74) is 3.71. The summed E-state index contributed by atoms with van der Waals surface area (Å²) in [6.45, 7) is 4.44. The summed E-state index contributed by atoms with van der Waals surface area (Å²) in [4.78, 5) is 4.77. The van der Waals surface area contributed by atoms with Crippen LogP contribution in [0.2, 0.25) is 0 Å². The number of halogens is 1. The number of nitrogens with zero attached hydrogens (tertiary/aromatic N) is 2. The van der Waals surface area contributed by atoms with Crippen molar-refractivity contribution in [1.29, 1.82) is 0 Å². The highest BCUT2D eigenvalue weighted by Crippen LogP contribution is 2.40. The summed E-state index contributed by atoms with van der Waals surface area (Å²) in [5.74, 6) is 1.30. The third-order valence-corrected chi connectivity index (χ3v) is 4.53. The molecular formula is C14H17BrN2. The van der Waals surface area contributed by atoms with Crippen molar-refractivity contribution in [2.45, 2.75) is 44.9 Å². The van der Waals surface area contributed by atoms with Crippen molar-refractivity contribution in [2.24, 2.45) is 0 Å². The molecule has 90 valence electrons. The highest BCUT2D eigenvalue weighted by molar-refractivity contribution is 9.10. The Balaban J connectivity index is 2.11. The second kappa shape index (κ2) is 4.13. The fraction of sp³-hybridized carbons (Fsp3) is 0.500. The largest absolute Gasteiger partial charge is 0.294 e. The van der Waals surface area contributed by atoms with Crippen molar-refractivity contribution in [2.75, 3.05) is 0 Å². The summed E-state index contributed by atoms with van der Waals surface area (Å²) < 4.78 is 3.26. The van der Waals surface area contributed by atoms with E-state index in [9.17, 15) is 0 Å². The molecule has 0 spiro atoms. The van der Waals surface area contributed by atoms with E-state index in [-0.39, 0.29) is 0 Å².